The van der Waals surface area contributed by atoms with Crippen LogP contribution >= 0.6 is 11.8 Å². The monoisotopic (exact) mass is 261 g/mol. The summed E-state index contributed by atoms with van der Waals surface area (Å²) in [5, 5.41) is 0. The fourth-order valence-corrected chi connectivity index (χ4v) is 2.86. The molecule has 0 aliphatic rings. The number of halogens is 1. The van der Waals surface area contributed by atoms with Crippen molar-refractivity contribution in [1.82, 2.24) is 0 Å². The zero-order valence-electron chi connectivity index (χ0n) is 10.1. The van der Waals surface area contributed by atoms with Crippen molar-refractivity contribution in [3.63, 3.8) is 0 Å². The molecule has 2 aromatic carbocycles. The first-order valence-electron chi connectivity index (χ1n) is 5.95. The molecule has 0 heterocycles. The van der Waals surface area contributed by atoms with Gasteiger partial charge in [-0.2, -0.15) is 0 Å². The Hall–Kier alpha value is -1.32. The van der Waals surface area contributed by atoms with Crippen LogP contribution in [0.4, 0.5) is 4.39 Å². The van der Waals surface area contributed by atoms with E-state index >= 15 is 0 Å². The van der Waals surface area contributed by atoms with E-state index in [2.05, 4.69) is 12.1 Å². The van der Waals surface area contributed by atoms with E-state index in [9.17, 15) is 4.39 Å². The van der Waals surface area contributed by atoms with E-state index in [0.717, 1.165) is 22.6 Å². The third kappa shape index (κ3) is 3.34. The molecule has 2 aromatic rings. The van der Waals surface area contributed by atoms with Crippen molar-refractivity contribution in [1.29, 1.82) is 0 Å². The van der Waals surface area contributed by atoms with E-state index in [1.54, 1.807) is 6.07 Å². The van der Waals surface area contributed by atoms with Gasteiger partial charge >= 0.3 is 0 Å². The Labute approximate surface area is 111 Å². The molecule has 0 spiro atoms. The van der Waals surface area contributed by atoms with Crippen molar-refractivity contribution < 1.29 is 4.39 Å². The molecule has 0 bridgehead atoms. The highest BCUT2D eigenvalue weighted by atomic mass is 32.2. The SMILES string of the molecule is NCCc1cccc(F)c1SCc1ccccc1. The molecule has 0 saturated carbocycles. The summed E-state index contributed by atoms with van der Waals surface area (Å²) in [6.45, 7) is 0.544. The Morgan fingerprint density at radius 3 is 2.50 bits per heavy atom. The van der Waals surface area contributed by atoms with Gasteiger partial charge in [0.25, 0.3) is 0 Å². The summed E-state index contributed by atoms with van der Waals surface area (Å²) < 4.78 is 13.8. The Morgan fingerprint density at radius 2 is 1.78 bits per heavy atom. The van der Waals surface area contributed by atoms with E-state index in [4.69, 9.17) is 5.73 Å². The highest BCUT2D eigenvalue weighted by Crippen LogP contribution is 2.29. The van der Waals surface area contributed by atoms with Crippen LogP contribution in [0.5, 0.6) is 0 Å². The fourth-order valence-electron chi connectivity index (χ4n) is 1.80. The Morgan fingerprint density at radius 1 is 1.00 bits per heavy atom. The second kappa shape index (κ2) is 6.57. The van der Waals surface area contributed by atoms with Gasteiger partial charge in [-0.05, 0) is 30.2 Å². The number of benzene rings is 2. The van der Waals surface area contributed by atoms with E-state index in [-0.39, 0.29) is 5.82 Å². The van der Waals surface area contributed by atoms with Crippen LogP contribution in [0.3, 0.4) is 0 Å². The van der Waals surface area contributed by atoms with Gasteiger partial charge in [-0.25, -0.2) is 4.39 Å². The fraction of sp³-hybridized carbons (Fsp3) is 0.200. The summed E-state index contributed by atoms with van der Waals surface area (Å²) in [7, 11) is 0. The Bertz CT molecular complexity index is 499. The Kier molecular flexibility index (Phi) is 4.79. The van der Waals surface area contributed by atoms with E-state index < -0.39 is 0 Å². The number of thioether (sulfide) groups is 1. The molecule has 18 heavy (non-hydrogen) atoms. The van der Waals surface area contributed by atoms with Crippen molar-refractivity contribution in [3.8, 4) is 0 Å². The first-order chi connectivity index (χ1) is 8.81. The molecule has 0 radical (unpaired) electrons. The molecule has 0 saturated heterocycles. The minimum Gasteiger partial charge on any atom is -0.330 e. The van der Waals surface area contributed by atoms with Crippen molar-refractivity contribution in [3.05, 3.63) is 65.5 Å². The summed E-state index contributed by atoms with van der Waals surface area (Å²) >= 11 is 1.54. The molecule has 0 fully saturated rings. The predicted octanol–water partition coefficient (Wildman–Crippen LogP) is 3.62. The van der Waals surface area contributed by atoms with Crippen LogP contribution in [0.15, 0.2) is 53.4 Å². The zero-order chi connectivity index (χ0) is 12.8. The summed E-state index contributed by atoms with van der Waals surface area (Å²) in [5.74, 6) is 0.626. The van der Waals surface area contributed by atoms with Crippen LogP contribution in [-0.4, -0.2) is 6.54 Å². The molecule has 0 unspecified atom stereocenters. The zero-order valence-corrected chi connectivity index (χ0v) is 10.9. The van der Waals surface area contributed by atoms with Crippen molar-refractivity contribution in [2.75, 3.05) is 6.54 Å². The second-order valence-corrected chi connectivity index (χ2v) is 5.03. The van der Waals surface area contributed by atoms with Crippen LogP contribution in [0.25, 0.3) is 0 Å². The largest absolute Gasteiger partial charge is 0.330 e. The molecule has 2 N–H and O–H groups in total. The van der Waals surface area contributed by atoms with E-state index in [1.807, 2.05) is 24.3 Å². The van der Waals surface area contributed by atoms with Gasteiger partial charge < -0.3 is 5.73 Å². The van der Waals surface area contributed by atoms with Gasteiger partial charge in [-0.15, -0.1) is 11.8 Å². The molecule has 94 valence electrons. The molecule has 3 heteroatoms. The molecule has 1 nitrogen and oxygen atoms in total. The molecule has 0 amide bonds. The van der Waals surface area contributed by atoms with Gasteiger partial charge in [0.05, 0.1) is 0 Å². The smallest absolute Gasteiger partial charge is 0.137 e. The first-order valence-corrected chi connectivity index (χ1v) is 6.94. The quantitative estimate of drug-likeness (QED) is 0.832. The third-order valence-electron chi connectivity index (χ3n) is 2.69. The minimum atomic E-state index is -0.151. The van der Waals surface area contributed by atoms with Gasteiger partial charge in [0, 0.05) is 10.6 Å². The van der Waals surface area contributed by atoms with Crippen LogP contribution in [0.1, 0.15) is 11.1 Å². The highest BCUT2D eigenvalue weighted by Gasteiger charge is 2.08. The number of hydrogen-bond acceptors (Lipinski definition) is 2. The van der Waals surface area contributed by atoms with Gasteiger partial charge in [-0.1, -0.05) is 42.5 Å². The summed E-state index contributed by atoms with van der Waals surface area (Å²) in [5.41, 5.74) is 7.75. The van der Waals surface area contributed by atoms with Gasteiger partial charge in [-0.3, -0.25) is 0 Å². The summed E-state index contributed by atoms with van der Waals surface area (Å²) in [4.78, 5) is 0.729. The molecule has 0 atom stereocenters. The van der Waals surface area contributed by atoms with Gasteiger partial charge in [0.15, 0.2) is 0 Å². The molecular formula is C15H16FNS. The van der Waals surface area contributed by atoms with Crippen LogP contribution in [0, 0.1) is 5.82 Å². The maximum absolute atomic E-state index is 13.8. The topological polar surface area (TPSA) is 26.0 Å². The predicted molar refractivity (Wildman–Crippen MR) is 75.2 cm³/mol. The normalized spacial score (nSPS) is 10.6. The van der Waals surface area contributed by atoms with E-state index in [1.165, 1.54) is 23.4 Å². The number of nitrogens with two attached hydrogens (primary N) is 1. The molecule has 2 rings (SSSR count). The molecule has 0 aliphatic carbocycles. The first kappa shape index (κ1) is 13.1. The lowest BCUT2D eigenvalue weighted by atomic mass is 10.1. The van der Waals surface area contributed by atoms with Crippen molar-refractivity contribution in [2.45, 2.75) is 17.1 Å². The minimum absolute atomic E-state index is 0.151. The number of hydrogen-bond donors (Lipinski definition) is 1. The van der Waals surface area contributed by atoms with Gasteiger partial charge in [0.1, 0.15) is 5.82 Å². The maximum atomic E-state index is 13.8. The number of rotatable bonds is 5. The highest BCUT2D eigenvalue weighted by molar-refractivity contribution is 7.98. The van der Waals surface area contributed by atoms with Crippen LogP contribution in [0.2, 0.25) is 0 Å². The summed E-state index contributed by atoms with van der Waals surface area (Å²) in [6, 6.07) is 15.3. The summed E-state index contributed by atoms with van der Waals surface area (Å²) in [6.07, 6.45) is 0.717. The van der Waals surface area contributed by atoms with Crippen LogP contribution < -0.4 is 5.73 Å². The average Bonchev–Trinajstić information content (AvgIpc) is 2.40. The lowest BCUT2D eigenvalue weighted by Gasteiger charge is -2.09. The molecule has 0 aromatic heterocycles. The second-order valence-electron chi connectivity index (χ2n) is 4.04. The molecule has 0 aliphatic heterocycles. The lowest BCUT2D eigenvalue weighted by Crippen LogP contribution is -2.04. The maximum Gasteiger partial charge on any atom is 0.137 e. The Balaban J connectivity index is 2.13. The standard InChI is InChI=1S/C15H16FNS/c16-14-8-4-7-13(9-10-17)15(14)18-11-12-5-2-1-3-6-12/h1-8H,9-11,17H2. The van der Waals surface area contributed by atoms with Crippen molar-refractivity contribution >= 4 is 11.8 Å². The van der Waals surface area contributed by atoms with Crippen molar-refractivity contribution in [2.24, 2.45) is 5.73 Å². The third-order valence-corrected chi connectivity index (χ3v) is 3.91. The lowest BCUT2D eigenvalue weighted by molar-refractivity contribution is 0.597. The molecular weight excluding hydrogens is 245 g/mol. The van der Waals surface area contributed by atoms with E-state index in [0.29, 0.717) is 6.54 Å². The van der Waals surface area contributed by atoms with Gasteiger partial charge in [0.2, 0.25) is 0 Å². The average molecular weight is 261 g/mol. The van der Waals surface area contributed by atoms with Crippen LogP contribution in [-0.2, 0) is 12.2 Å².